The smallest absolute Gasteiger partial charge is 0.268 e. The first-order valence-electron chi connectivity index (χ1n) is 10.4. The molecule has 1 spiro atoms. The van der Waals surface area contributed by atoms with Crippen LogP contribution in [0.4, 0.5) is 18.9 Å². The van der Waals surface area contributed by atoms with E-state index in [1.54, 1.807) is 6.07 Å². The Bertz CT molecular complexity index is 1280. The van der Waals surface area contributed by atoms with Gasteiger partial charge in [-0.3, -0.25) is 9.59 Å². The third kappa shape index (κ3) is 3.31. The van der Waals surface area contributed by atoms with E-state index >= 15 is 0 Å². The maximum atomic E-state index is 14.4. The minimum absolute atomic E-state index is 0.137. The van der Waals surface area contributed by atoms with E-state index in [0.717, 1.165) is 23.8 Å². The molecule has 0 radical (unpaired) electrons. The second-order valence-corrected chi connectivity index (χ2v) is 9.36. The van der Waals surface area contributed by atoms with Crippen LogP contribution in [0.5, 0.6) is 0 Å². The molecule has 1 saturated heterocycles. The van der Waals surface area contributed by atoms with Gasteiger partial charge < -0.3 is 9.80 Å². The molecule has 2 amide bonds. The summed E-state index contributed by atoms with van der Waals surface area (Å²) in [5.41, 5.74) is 1.89. The fourth-order valence-electron chi connectivity index (χ4n) is 4.50. The number of amides is 2. The Balaban J connectivity index is 1.62. The van der Waals surface area contributed by atoms with Gasteiger partial charge in [0.2, 0.25) is 0 Å². The number of halogens is 3. The molecule has 0 aliphatic carbocycles. The molecule has 2 heterocycles. The number of rotatable bonds is 3. The summed E-state index contributed by atoms with van der Waals surface area (Å²) in [5, 5.41) is 0. The molecule has 1 fully saturated rings. The average molecular weight is 469 g/mol. The normalized spacial score (nSPS) is 19.5. The Hall–Kier alpha value is -3.26. The van der Waals surface area contributed by atoms with E-state index in [0.29, 0.717) is 17.0 Å². The molecule has 0 unspecified atom stereocenters. The van der Waals surface area contributed by atoms with Crippen molar-refractivity contribution in [3.8, 4) is 0 Å². The van der Waals surface area contributed by atoms with E-state index in [-0.39, 0.29) is 24.2 Å². The SMILES string of the molecule is Cc1ccc2c(c1)[C@@]1(SCCN1C(=O)c1cccc(F)c1)C(=O)N2Cc1c(F)cccc1F. The first kappa shape index (κ1) is 21.6. The van der Waals surface area contributed by atoms with Gasteiger partial charge in [-0.1, -0.05) is 29.8 Å². The summed E-state index contributed by atoms with van der Waals surface area (Å²) in [7, 11) is 0. The summed E-state index contributed by atoms with van der Waals surface area (Å²) in [6, 6.07) is 14.3. The fourth-order valence-corrected chi connectivity index (χ4v) is 5.96. The van der Waals surface area contributed by atoms with E-state index < -0.39 is 34.1 Å². The zero-order valence-electron chi connectivity index (χ0n) is 17.6. The predicted octanol–water partition coefficient (Wildman–Crippen LogP) is 5.00. The largest absolute Gasteiger partial charge is 0.311 e. The van der Waals surface area contributed by atoms with Gasteiger partial charge in [0.25, 0.3) is 11.8 Å². The van der Waals surface area contributed by atoms with Crippen LogP contribution >= 0.6 is 11.8 Å². The zero-order chi connectivity index (χ0) is 23.3. The third-order valence-corrected chi connectivity index (χ3v) is 7.46. The molecule has 0 N–H and O–H groups in total. The van der Waals surface area contributed by atoms with Crippen LogP contribution in [-0.4, -0.2) is 29.0 Å². The highest BCUT2D eigenvalue weighted by molar-refractivity contribution is 8.01. The minimum atomic E-state index is -1.38. The molecule has 3 aromatic rings. The lowest BCUT2D eigenvalue weighted by atomic mass is 10.0. The monoisotopic (exact) mass is 468 g/mol. The van der Waals surface area contributed by atoms with E-state index in [4.69, 9.17) is 0 Å². The minimum Gasteiger partial charge on any atom is -0.311 e. The van der Waals surface area contributed by atoms with Crippen LogP contribution in [0.2, 0.25) is 0 Å². The molecule has 4 nitrogen and oxygen atoms in total. The lowest BCUT2D eigenvalue weighted by Gasteiger charge is -2.33. The molecule has 168 valence electrons. The van der Waals surface area contributed by atoms with Gasteiger partial charge in [0.05, 0.1) is 12.2 Å². The second-order valence-electron chi connectivity index (χ2n) is 8.07. The molecule has 1 atom stereocenters. The van der Waals surface area contributed by atoms with E-state index in [1.165, 1.54) is 45.8 Å². The molecule has 0 bridgehead atoms. The van der Waals surface area contributed by atoms with Crippen LogP contribution < -0.4 is 4.90 Å². The number of hydrogen-bond donors (Lipinski definition) is 0. The van der Waals surface area contributed by atoms with Gasteiger partial charge in [-0.15, -0.1) is 11.8 Å². The standard InChI is InChI=1S/C25H19F3N2O2S/c1-15-8-9-22-19(12-15)25(24(32)29(22)14-18-20(27)6-3-7-21(18)28)30(10-11-33-25)23(31)16-4-2-5-17(26)13-16/h2-9,12-13H,10-11,14H2,1H3/t25-/m1/s1. The maximum Gasteiger partial charge on any atom is 0.268 e. The quantitative estimate of drug-likeness (QED) is 0.543. The van der Waals surface area contributed by atoms with Gasteiger partial charge >= 0.3 is 0 Å². The number of carbonyl (C=O) groups is 2. The van der Waals surface area contributed by atoms with Crippen molar-refractivity contribution < 1.29 is 22.8 Å². The first-order chi connectivity index (χ1) is 15.8. The van der Waals surface area contributed by atoms with Crippen molar-refractivity contribution in [3.63, 3.8) is 0 Å². The molecular formula is C25H19F3N2O2S. The van der Waals surface area contributed by atoms with Crippen LogP contribution in [0.15, 0.2) is 60.7 Å². The Kier molecular flexibility index (Phi) is 5.20. The van der Waals surface area contributed by atoms with Crippen molar-refractivity contribution >= 4 is 29.3 Å². The Morgan fingerprint density at radius 2 is 1.76 bits per heavy atom. The number of thioether (sulfide) groups is 1. The van der Waals surface area contributed by atoms with Gasteiger partial charge in [0, 0.05) is 29.0 Å². The van der Waals surface area contributed by atoms with Crippen LogP contribution in [0.1, 0.15) is 27.0 Å². The Morgan fingerprint density at radius 1 is 1.03 bits per heavy atom. The highest BCUT2D eigenvalue weighted by atomic mass is 32.2. The molecule has 33 heavy (non-hydrogen) atoms. The molecular weight excluding hydrogens is 449 g/mol. The van der Waals surface area contributed by atoms with Crippen molar-refractivity contribution in [2.24, 2.45) is 0 Å². The number of carbonyl (C=O) groups excluding carboxylic acids is 2. The molecule has 0 aromatic heterocycles. The van der Waals surface area contributed by atoms with E-state index in [9.17, 15) is 22.8 Å². The van der Waals surface area contributed by atoms with Crippen molar-refractivity contribution in [2.75, 3.05) is 17.2 Å². The lowest BCUT2D eigenvalue weighted by molar-refractivity contribution is -0.123. The number of aryl methyl sites for hydroxylation is 1. The van der Waals surface area contributed by atoms with Crippen molar-refractivity contribution in [3.05, 3.63) is 100 Å². The third-order valence-electron chi connectivity index (χ3n) is 6.04. The molecule has 5 rings (SSSR count). The molecule has 3 aromatic carbocycles. The van der Waals surface area contributed by atoms with Gasteiger partial charge in [0.1, 0.15) is 17.5 Å². The van der Waals surface area contributed by atoms with Crippen LogP contribution in [-0.2, 0) is 16.2 Å². The number of anilines is 1. The van der Waals surface area contributed by atoms with E-state index in [2.05, 4.69) is 0 Å². The van der Waals surface area contributed by atoms with Crippen molar-refractivity contribution in [1.29, 1.82) is 0 Å². The summed E-state index contributed by atoms with van der Waals surface area (Å²) < 4.78 is 42.7. The number of nitrogens with zero attached hydrogens (tertiary/aromatic N) is 2. The fraction of sp³-hybridized carbons (Fsp3) is 0.200. The lowest BCUT2D eigenvalue weighted by Crippen LogP contribution is -2.50. The predicted molar refractivity (Wildman–Crippen MR) is 120 cm³/mol. The summed E-state index contributed by atoms with van der Waals surface area (Å²) in [6.45, 7) is 1.84. The van der Waals surface area contributed by atoms with Crippen molar-refractivity contribution in [1.82, 2.24) is 4.90 Å². The summed E-state index contributed by atoms with van der Waals surface area (Å²) in [6.07, 6.45) is 0. The highest BCUT2D eigenvalue weighted by Gasteiger charge is 2.59. The van der Waals surface area contributed by atoms with E-state index in [1.807, 2.05) is 19.1 Å². The van der Waals surface area contributed by atoms with Crippen LogP contribution in [0.25, 0.3) is 0 Å². The van der Waals surface area contributed by atoms with Gasteiger partial charge in [-0.05, 0) is 43.3 Å². The molecule has 2 aliphatic heterocycles. The van der Waals surface area contributed by atoms with Crippen LogP contribution in [0.3, 0.4) is 0 Å². The van der Waals surface area contributed by atoms with Gasteiger partial charge in [0.15, 0.2) is 4.87 Å². The zero-order valence-corrected chi connectivity index (χ0v) is 18.5. The number of hydrogen-bond acceptors (Lipinski definition) is 3. The Labute approximate surface area is 193 Å². The topological polar surface area (TPSA) is 40.6 Å². The number of fused-ring (bicyclic) bond motifs is 2. The average Bonchev–Trinajstić information content (AvgIpc) is 3.32. The molecule has 8 heteroatoms. The molecule has 0 saturated carbocycles. The second kappa shape index (κ2) is 7.95. The highest BCUT2D eigenvalue weighted by Crippen LogP contribution is 2.55. The van der Waals surface area contributed by atoms with Gasteiger partial charge in [-0.2, -0.15) is 0 Å². The van der Waals surface area contributed by atoms with Crippen LogP contribution in [0, 0.1) is 24.4 Å². The summed E-state index contributed by atoms with van der Waals surface area (Å²) in [5.74, 6) is -2.47. The van der Waals surface area contributed by atoms with Crippen molar-refractivity contribution in [2.45, 2.75) is 18.3 Å². The Morgan fingerprint density at radius 3 is 2.48 bits per heavy atom. The summed E-state index contributed by atoms with van der Waals surface area (Å²) in [4.78, 5) is 28.8. The number of benzene rings is 3. The summed E-state index contributed by atoms with van der Waals surface area (Å²) >= 11 is 1.30. The molecule has 2 aliphatic rings. The van der Waals surface area contributed by atoms with Gasteiger partial charge in [-0.25, -0.2) is 13.2 Å². The maximum absolute atomic E-state index is 14.4. The first-order valence-corrected chi connectivity index (χ1v) is 11.4.